The Kier molecular flexibility index (Phi) is 7.60. The Morgan fingerprint density at radius 1 is 1.17 bits per heavy atom. The molecule has 23 heavy (non-hydrogen) atoms. The molecule has 1 aromatic carbocycles. The van der Waals surface area contributed by atoms with E-state index in [-0.39, 0.29) is 35.7 Å². The van der Waals surface area contributed by atoms with Gasteiger partial charge in [0, 0.05) is 6.07 Å². The van der Waals surface area contributed by atoms with Gasteiger partial charge in [0.15, 0.2) is 5.78 Å². The minimum absolute atomic E-state index is 0.00371. The van der Waals surface area contributed by atoms with Crippen molar-refractivity contribution in [2.45, 2.75) is 33.1 Å². The maximum absolute atomic E-state index is 12.3. The molecule has 0 aromatic heterocycles. The zero-order valence-corrected chi connectivity index (χ0v) is 13.4. The number of benzene rings is 1. The van der Waals surface area contributed by atoms with E-state index in [2.05, 4.69) is 6.92 Å². The number of ether oxygens (including phenoxy) is 1. The summed E-state index contributed by atoms with van der Waals surface area (Å²) in [7, 11) is 0. The number of carbonyl (C=O) groups excluding carboxylic acids is 2. The van der Waals surface area contributed by atoms with Crippen LogP contribution in [0, 0.1) is 0 Å². The van der Waals surface area contributed by atoms with Crippen LogP contribution in [-0.2, 0) is 16.0 Å². The molecule has 0 aliphatic carbocycles. The summed E-state index contributed by atoms with van der Waals surface area (Å²) in [5.41, 5.74) is 0.226. The van der Waals surface area contributed by atoms with Gasteiger partial charge in [-0.3, -0.25) is 9.59 Å². The number of unbranched alkanes of at least 4 members (excludes halogenated alkanes) is 1. The third-order valence-electron chi connectivity index (χ3n) is 3.02. The van der Waals surface area contributed by atoms with E-state index in [1.54, 1.807) is 19.1 Å². The van der Waals surface area contributed by atoms with E-state index in [1.807, 2.05) is 6.08 Å². The van der Waals surface area contributed by atoms with Crippen LogP contribution >= 0.6 is 0 Å². The summed E-state index contributed by atoms with van der Waals surface area (Å²) in [5, 5.41) is 19.5. The minimum Gasteiger partial charge on any atom is -0.508 e. The molecule has 2 N–H and O–H groups in total. The van der Waals surface area contributed by atoms with Gasteiger partial charge in [-0.1, -0.05) is 31.6 Å². The number of allylic oxidation sites excluding steroid dienone is 4. The van der Waals surface area contributed by atoms with Crippen molar-refractivity contribution in [3.63, 3.8) is 0 Å². The predicted octanol–water partition coefficient (Wildman–Crippen LogP) is 3.30. The van der Waals surface area contributed by atoms with E-state index in [0.717, 1.165) is 18.9 Å². The number of aromatic hydroxyl groups is 2. The second kappa shape index (κ2) is 9.46. The second-order valence-electron chi connectivity index (χ2n) is 4.92. The maximum atomic E-state index is 12.3. The van der Waals surface area contributed by atoms with Crippen molar-refractivity contribution < 1.29 is 24.5 Å². The van der Waals surface area contributed by atoms with Gasteiger partial charge >= 0.3 is 5.97 Å². The van der Waals surface area contributed by atoms with Crippen LogP contribution in [0.4, 0.5) is 0 Å². The smallest absolute Gasteiger partial charge is 0.310 e. The number of phenolic OH excluding ortho intramolecular Hbond substituents is 2. The van der Waals surface area contributed by atoms with Crippen molar-refractivity contribution in [1.82, 2.24) is 0 Å². The number of rotatable bonds is 8. The Morgan fingerprint density at radius 3 is 2.57 bits per heavy atom. The number of hydrogen-bond donors (Lipinski definition) is 2. The first-order chi connectivity index (χ1) is 11.0. The molecule has 124 valence electrons. The quantitative estimate of drug-likeness (QED) is 0.332. The Hall–Kier alpha value is -2.56. The van der Waals surface area contributed by atoms with Crippen molar-refractivity contribution in [3.8, 4) is 11.5 Å². The highest BCUT2D eigenvalue weighted by Crippen LogP contribution is 2.28. The van der Waals surface area contributed by atoms with E-state index < -0.39 is 11.8 Å². The van der Waals surface area contributed by atoms with Crippen molar-refractivity contribution in [2.24, 2.45) is 0 Å². The molecule has 0 saturated heterocycles. The summed E-state index contributed by atoms with van der Waals surface area (Å²) in [5.74, 6) is -1.55. The number of esters is 1. The van der Waals surface area contributed by atoms with Crippen LogP contribution in [0.15, 0.2) is 36.4 Å². The van der Waals surface area contributed by atoms with E-state index >= 15 is 0 Å². The van der Waals surface area contributed by atoms with Gasteiger partial charge in [0.2, 0.25) is 0 Å². The molecule has 0 amide bonds. The molecular weight excluding hydrogens is 296 g/mol. The van der Waals surface area contributed by atoms with Crippen LogP contribution in [0.25, 0.3) is 0 Å². The molecule has 0 radical (unpaired) electrons. The molecule has 0 unspecified atom stereocenters. The van der Waals surface area contributed by atoms with Gasteiger partial charge in [-0.2, -0.15) is 0 Å². The van der Waals surface area contributed by atoms with Crippen molar-refractivity contribution in [2.75, 3.05) is 6.61 Å². The van der Waals surface area contributed by atoms with Gasteiger partial charge in [0.1, 0.15) is 11.5 Å². The minimum atomic E-state index is -0.529. The molecule has 0 saturated carbocycles. The van der Waals surface area contributed by atoms with Crippen molar-refractivity contribution in [1.29, 1.82) is 0 Å². The first kappa shape index (κ1) is 18.5. The molecule has 5 nitrogen and oxygen atoms in total. The normalized spacial score (nSPS) is 11.2. The van der Waals surface area contributed by atoms with E-state index in [0.29, 0.717) is 0 Å². The molecule has 1 aromatic rings. The number of ketones is 1. The highest BCUT2D eigenvalue weighted by Gasteiger charge is 2.18. The van der Waals surface area contributed by atoms with Crippen LogP contribution in [-0.4, -0.2) is 28.6 Å². The highest BCUT2D eigenvalue weighted by molar-refractivity contribution is 6.08. The van der Waals surface area contributed by atoms with Crippen molar-refractivity contribution >= 4 is 11.8 Å². The summed E-state index contributed by atoms with van der Waals surface area (Å²) < 4.78 is 4.84. The third-order valence-corrected chi connectivity index (χ3v) is 3.02. The molecule has 5 heteroatoms. The summed E-state index contributed by atoms with van der Waals surface area (Å²) in [6.07, 6.45) is 8.31. The summed E-state index contributed by atoms with van der Waals surface area (Å²) in [6.45, 7) is 3.94. The lowest BCUT2D eigenvalue weighted by atomic mass is 9.99. The van der Waals surface area contributed by atoms with Crippen LogP contribution < -0.4 is 0 Å². The lowest BCUT2D eigenvalue weighted by Gasteiger charge is -2.09. The molecule has 0 aliphatic rings. The highest BCUT2D eigenvalue weighted by atomic mass is 16.5. The molecule has 0 spiro atoms. The Morgan fingerprint density at radius 2 is 1.91 bits per heavy atom. The first-order valence-corrected chi connectivity index (χ1v) is 7.57. The molecule has 0 bridgehead atoms. The van der Waals surface area contributed by atoms with Gasteiger partial charge in [0.05, 0.1) is 18.6 Å². The van der Waals surface area contributed by atoms with Crippen molar-refractivity contribution in [3.05, 3.63) is 47.6 Å². The molecule has 0 heterocycles. The Balaban J connectivity index is 3.03. The van der Waals surface area contributed by atoms with E-state index in [4.69, 9.17) is 4.74 Å². The number of carbonyl (C=O) groups is 2. The van der Waals surface area contributed by atoms with E-state index in [1.165, 1.54) is 12.1 Å². The van der Waals surface area contributed by atoms with Gasteiger partial charge in [-0.15, -0.1) is 0 Å². The summed E-state index contributed by atoms with van der Waals surface area (Å²) >= 11 is 0. The zero-order chi connectivity index (χ0) is 17.2. The van der Waals surface area contributed by atoms with Crippen LogP contribution in [0.1, 0.15) is 42.6 Å². The fourth-order valence-electron chi connectivity index (χ4n) is 2.03. The van der Waals surface area contributed by atoms with Crippen LogP contribution in [0.3, 0.4) is 0 Å². The van der Waals surface area contributed by atoms with Gasteiger partial charge in [-0.05, 0) is 31.1 Å². The predicted molar refractivity (Wildman–Crippen MR) is 87.6 cm³/mol. The third kappa shape index (κ3) is 5.98. The molecule has 0 aliphatic heterocycles. The van der Waals surface area contributed by atoms with Crippen LogP contribution in [0.5, 0.6) is 11.5 Å². The molecule has 0 atom stereocenters. The fraction of sp³-hybridized carbons (Fsp3) is 0.333. The standard InChI is InChI=1S/C18H22O5/c1-3-5-6-7-8-9-15(20)18-13(11-17(22)23-4-2)10-14(19)12-16(18)21/h6-10,12,19,21H,3-5,11H2,1-2H3. The molecule has 1 rings (SSSR count). The zero-order valence-electron chi connectivity index (χ0n) is 13.4. The van der Waals surface area contributed by atoms with Gasteiger partial charge in [-0.25, -0.2) is 0 Å². The second-order valence-corrected chi connectivity index (χ2v) is 4.92. The summed E-state index contributed by atoms with van der Waals surface area (Å²) in [6, 6.07) is 2.35. The van der Waals surface area contributed by atoms with Crippen LogP contribution in [0.2, 0.25) is 0 Å². The average Bonchev–Trinajstić information content (AvgIpc) is 2.46. The SMILES string of the molecule is CCCC=CC=CC(=O)c1c(O)cc(O)cc1CC(=O)OCC. The Labute approximate surface area is 135 Å². The largest absolute Gasteiger partial charge is 0.508 e. The average molecular weight is 318 g/mol. The number of phenols is 2. The van der Waals surface area contributed by atoms with Gasteiger partial charge < -0.3 is 14.9 Å². The first-order valence-electron chi connectivity index (χ1n) is 7.57. The van der Waals surface area contributed by atoms with Gasteiger partial charge in [0.25, 0.3) is 0 Å². The topological polar surface area (TPSA) is 83.8 Å². The lowest BCUT2D eigenvalue weighted by Crippen LogP contribution is -2.11. The number of hydrogen-bond acceptors (Lipinski definition) is 5. The lowest BCUT2D eigenvalue weighted by molar-refractivity contribution is -0.142. The molecule has 0 fully saturated rings. The van der Waals surface area contributed by atoms with E-state index in [9.17, 15) is 19.8 Å². The fourth-order valence-corrected chi connectivity index (χ4v) is 2.03. The Bertz CT molecular complexity index is 614. The maximum Gasteiger partial charge on any atom is 0.310 e. The monoisotopic (exact) mass is 318 g/mol. The molecular formula is C18H22O5. The summed E-state index contributed by atoms with van der Waals surface area (Å²) in [4.78, 5) is 23.9.